The number of nitrogens with zero attached hydrogens (tertiary/aromatic N) is 1. The van der Waals surface area contributed by atoms with E-state index in [1.54, 1.807) is 6.07 Å². The molecule has 17 heavy (non-hydrogen) atoms. The second-order valence-corrected chi connectivity index (χ2v) is 4.53. The number of aryl methyl sites for hydroxylation is 1. The average Bonchev–Trinajstić information content (AvgIpc) is 2.36. The Bertz CT molecular complexity index is 397. The molecule has 92 valence electrons. The molecule has 2 N–H and O–H groups in total. The van der Waals surface area contributed by atoms with E-state index in [9.17, 15) is 5.11 Å². The third-order valence-corrected chi connectivity index (χ3v) is 3.27. The summed E-state index contributed by atoms with van der Waals surface area (Å²) in [5.41, 5.74) is 2.13. The molecule has 1 aliphatic rings. The second-order valence-electron chi connectivity index (χ2n) is 4.53. The minimum atomic E-state index is 0.108. The molecule has 3 nitrogen and oxygen atoms in total. The molecule has 3 heteroatoms. The molecule has 0 unspecified atom stereocenters. The number of benzene rings is 1. The first-order chi connectivity index (χ1) is 8.22. The predicted octanol–water partition coefficient (Wildman–Crippen LogP) is 1.83. The van der Waals surface area contributed by atoms with Crippen LogP contribution in [0.1, 0.15) is 17.2 Å². The Balaban J connectivity index is 2.27. The van der Waals surface area contributed by atoms with Crippen LogP contribution in [0, 0.1) is 6.92 Å². The van der Waals surface area contributed by atoms with E-state index in [1.807, 2.05) is 25.1 Å². The quantitative estimate of drug-likeness (QED) is 0.781. The maximum Gasteiger partial charge on any atom is 0.120 e. The van der Waals surface area contributed by atoms with Crippen LogP contribution < -0.4 is 5.32 Å². The number of hydrogen-bond acceptors (Lipinski definition) is 3. The molecule has 0 amide bonds. The highest BCUT2D eigenvalue weighted by atomic mass is 16.3. The number of nitrogens with one attached hydrogen (secondary N) is 1. The molecule has 0 radical (unpaired) electrons. The lowest BCUT2D eigenvalue weighted by molar-refractivity contribution is 0.201. The molecule has 1 atom stereocenters. The largest absolute Gasteiger partial charge is 0.508 e. The number of phenols is 1. The number of piperazine rings is 1. The van der Waals surface area contributed by atoms with Crippen molar-refractivity contribution in [2.24, 2.45) is 0 Å². The summed E-state index contributed by atoms with van der Waals surface area (Å²) in [6.45, 7) is 9.93. The highest BCUT2D eigenvalue weighted by Crippen LogP contribution is 2.30. The van der Waals surface area contributed by atoms with Gasteiger partial charge in [-0.25, -0.2) is 0 Å². The summed E-state index contributed by atoms with van der Waals surface area (Å²) in [4.78, 5) is 2.35. The lowest BCUT2D eigenvalue weighted by Crippen LogP contribution is -2.44. The van der Waals surface area contributed by atoms with Crippen molar-refractivity contribution in [2.75, 3.05) is 26.2 Å². The minimum absolute atomic E-state index is 0.108. The molecule has 1 aromatic carbocycles. The van der Waals surface area contributed by atoms with Gasteiger partial charge in [0.2, 0.25) is 0 Å². The molecule has 2 rings (SSSR count). The van der Waals surface area contributed by atoms with Gasteiger partial charge in [-0.15, -0.1) is 6.58 Å². The van der Waals surface area contributed by atoms with Crippen LogP contribution in [-0.2, 0) is 0 Å². The summed E-state index contributed by atoms with van der Waals surface area (Å²) in [5, 5.41) is 13.3. The number of hydrogen-bond donors (Lipinski definition) is 2. The molecule has 1 saturated heterocycles. The lowest BCUT2D eigenvalue weighted by atomic mass is 10.0. The Hall–Kier alpha value is -1.32. The van der Waals surface area contributed by atoms with Crippen molar-refractivity contribution in [3.63, 3.8) is 0 Å². The van der Waals surface area contributed by atoms with Crippen LogP contribution in [0.5, 0.6) is 5.75 Å². The van der Waals surface area contributed by atoms with E-state index in [0.717, 1.165) is 31.7 Å². The maximum atomic E-state index is 9.98. The van der Waals surface area contributed by atoms with Gasteiger partial charge in [0, 0.05) is 31.7 Å². The fraction of sp³-hybridized carbons (Fsp3) is 0.429. The van der Waals surface area contributed by atoms with Gasteiger partial charge < -0.3 is 10.4 Å². The van der Waals surface area contributed by atoms with Gasteiger partial charge in [-0.05, 0) is 13.0 Å². The SMILES string of the molecule is C=C[C@@H](c1cc(C)ccc1O)N1CCNCC1. The third kappa shape index (κ3) is 2.68. The Morgan fingerprint density at radius 3 is 2.76 bits per heavy atom. The molecule has 0 saturated carbocycles. The molecular weight excluding hydrogens is 212 g/mol. The van der Waals surface area contributed by atoms with Crippen molar-refractivity contribution in [1.29, 1.82) is 0 Å². The van der Waals surface area contributed by atoms with Crippen molar-refractivity contribution in [2.45, 2.75) is 13.0 Å². The van der Waals surface area contributed by atoms with Gasteiger partial charge in [0.25, 0.3) is 0 Å². The summed E-state index contributed by atoms with van der Waals surface area (Å²) in [5.74, 6) is 0.360. The zero-order chi connectivity index (χ0) is 12.3. The fourth-order valence-electron chi connectivity index (χ4n) is 2.34. The smallest absolute Gasteiger partial charge is 0.120 e. The number of phenolic OH excluding ortho intramolecular Hbond substituents is 1. The van der Waals surface area contributed by atoms with Crippen molar-refractivity contribution < 1.29 is 5.11 Å². The van der Waals surface area contributed by atoms with E-state index in [-0.39, 0.29) is 6.04 Å². The lowest BCUT2D eigenvalue weighted by Gasteiger charge is -2.33. The predicted molar refractivity (Wildman–Crippen MR) is 70.2 cm³/mol. The summed E-state index contributed by atoms with van der Waals surface area (Å²) in [7, 11) is 0. The van der Waals surface area contributed by atoms with Gasteiger partial charge in [0.05, 0.1) is 6.04 Å². The van der Waals surface area contributed by atoms with E-state index in [4.69, 9.17) is 0 Å². The van der Waals surface area contributed by atoms with Crippen molar-refractivity contribution in [1.82, 2.24) is 10.2 Å². The van der Waals surface area contributed by atoms with Gasteiger partial charge in [0.15, 0.2) is 0 Å². The van der Waals surface area contributed by atoms with Crippen molar-refractivity contribution in [3.8, 4) is 5.75 Å². The first-order valence-electron chi connectivity index (χ1n) is 6.09. The molecule has 0 aliphatic carbocycles. The van der Waals surface area contributed by atoms with Crippen LogP contribution in [0.4, 0.5) is 0 Å². The van der Waals surface area contributed by atoms with Crippen LogP contribution >= 0.6 is 0 Å². The van der Waals surface area contributed by atoms with Crippen LogP contribution in [0.2, 0.25) is 0 Å². The highest BCUT2D eigenvalue weighted by molar-refractivity contribution is 5.39. The second kappa shape index (κ2) is 5.34. The summed E-state index contributed by atoms with van der Waals surface area (Å²) >= 11 is 0. The molecule has 1 aromatic rings. The van der Waals surface area contributed by atoms with Crippen molar-refractivity contribution in [3.05, 3.63) is 42.0 Å². The van der Waals surface area contributed by atoms with Crippen LogP contribution in [0.25, 0.3) is 0 Å². The molecule has 1 heterocycles. The highest BCUT2D eigenvalue weighted by Gasteiger charge is 2.21. The number of rotatable bonds is 3. The monoisotopic (exact) mass is 232 g/mol. The van der Waals surface area contributed by atoms with E-state index in [1.165, 1.54) is 5.56 Å². The van der Waals surface area contributed by atoms with Crippen LogP contribution in [0.15, 0.2) is 30.9 Å². The van der Waals surface area contributed by atoms with Crippen LogP contribution in [-0.4, -0.2) is 36.2 Å². The Kier molecular flexibility index (Phi) is 3.82. The fourth-order valence-corrected chi connectivity index (χ4v) is 2.34. The number of aromatic hydroxyl groups is 1. The molecule has 0 aromatic heterocycles. The van der Waals surface area contributed by atoms with Gasteiger partial charge in [-0.2, -0.15) is 0 Å². The summed E-state index contributed by atoms with van der Waals surface area (Å²) in [6.07, 6.45) is 1.92. The first-order valence-corrected chi connectivity index (χ1v) is 6.09. The molecule has 0 bridgehead atoms. The first kappa shape index (κ1) is 12.1. The van der Waals surface area contributed by atoms with E-state index in [0.29, 0.717) is 5.75 Å². The van der Waals surface area contributed by atoms with Gasteiger partial charge in [-0.1, -0.05) is 23.8 Å². The van der Waals surface area contributed by atoms with E-state index < -0.39 is 0 Å². The molecule has 0 spiro atoms. The molecular formula is C14H20N2O. The van der Waals surface area contributed by atoms with Crippen molar-refractivity contribution >= 4 is 0 Å². The maximum absolute atomic E-state index is 9.98. The normalized spacial score (nSPS) is 18.9. The Labute approximate surface area is 103 Å². The summed E-state index contributed by atoms with van der Waals surface area (Å²) in [6, 6.07) is 5.85. The molecule has 1 fully saturated rings. The van der Waals surface area contributed by atoms with E-state index in [2.05, 4.69) is 16.8 Å². The van der Waals surface area contributed by atoms with Crippen LogP contribution in [0.3, 0.4) is 0 Å². The standard InChI is InChI=1S/C14H20N2O/c1-3-13(16-8-6-15-7-9-16)12-10-11(2)4-5-14(12)17/h3-5,10,13,15,17H,1,6-9H2,2H3/t13-/m0/s1. The third-order valence-electron chi connectivity index (χ3n) is 3.27. The zero-order valence-electron chi connectivity index (χ0n) is 10.3. The minimum Gasteiger partial charge on any atom is -0.508 e. The topological polar surface area (TPSA) is 35.5 Å². The van der Waals surface area contributed by atoms with Gasteiger partial charge >= 0.3 is 0 Å². The Morgan fingerprint density at radius 2 is 2.12 bits per heavy atom. The zero-order valence-corrected chi connectivity index (χ0v) is 10.3. The van der Waals surface area contributed by atoms with Gasteiger partial charge in [-0.3, -0.25) is 4.90 Å². The van der Waals surface area contributed by atoms with Gasteiger partial charge in [0.1, 0.15) is 5.75 Å². The Morgan fingerprint density at radius 1 is 1.41 bits per heavy atom. The average molecular weight is 232 g/mol. The molecule has 1 aliphatic heterocycles. The summed E-state index contributed by atoms with van der Waals surface area (Å²) < 4.78 is 0. The van der Waals surface area contributed by atoms with E-state index >= 15 is 0 Å².